The average molecular weight is 635 g/mol. The van der Waals surface area contributed by atoms with Crippen molar-refractivity contribution in [2.24, 2.45) is 5.41 Å². The van der Waals surface area contributed by atoms with Gasteiger partial charge in [-0.05, 0) is 84.2 Å². The number of pyridine rings is 1. The Morgan fingerprint density at radius 2 is 1.74 bits per heavy atom. The van der Waals surface area contributed by atoms with Crippen LogP contribution in [0.3, 0.4) is 0 Å². The van der Waals surface area contributed by atoms with Crippen LogP contribution in [0.1, 0.15) is 100 Å². The van der Waals surface area contributed by atoms with Crippen LogP contribution in [-0.2, 0) is 4.74 Å². The predicted octanol–water partition coefficient (Wildman–Crippen LogP) is 4.65. The van der Waals surface area contributed by atoms with Crippen LogP contribution in [0.25, 0.3) is 11.0 Å². The van der Waals surface area contributed by atoms with Crippen molar-refractivity contribution in [3.63, 3.8) is 0 Å². The first-order valence-electron chi connectivity index (χ1n) is 16.8. The molecule has 6 rings (SSSR count). The topological polar surface area (TPSA) is 132 Å². The van der Waals surface area contributed by atoms with Crippen molar-refractivity contribution in [3.8, 4) is 0 Å². The van der Waals surface area contributed by atoms with Crippen LogP contribution in [0.4, 0.5) is 11.8 Å². The largest absolute Gasteiger partial charge is 0.373 e. The number of rotatable bonds is 8. The summed E-state index contributed by atoms with van der Waals surface area (Å²) in [5.41, 5.74) is 1.92. The molecule has 250 valence electrons. The quantitative estimate of drug-likeness (QED) is 0.238. The molecule has 46 heavy (non-hydrogen) atoms. The molecular weight excluding hydrogens is 584 g/mol. The van der Waals surface area contributed by atoms with Crippen LogP contribution in [0.5, 0.6) is 0 Å². The van der Waals surface area contributed by atoms with Crippen LogP contribution in [0, 0.1) is 5.41 Å². The van der Waals surface area contributed by atoms with E-state index in [0.29, 0.717) is 30.4 Å². The first-order valence-corrected chi connectivity index (χ1v) is 16.8. The molecule has 3 aromatic rings. The zero-order chi connectivity index (χ0) is 32.6. The standard InChI is InChI=1S/C34H50N8O4/c1-33(2,3)46-32(45)41-21-34(22-41)14-16-40(17-15-34)29(43)23-12-13-27(35-19-23)37-31-36-20-24-18-26(30(44)39(4)5)42(28(24)38-31)25-10-8-6-7-9-11-25/h12-13,18-20,25,30,32,44-45H,6-11,14-17,21-22H2,1-5H3,(H,35,36,37,38). The lowest BCUT2D eigenvalue weighted by Crippen LogP contribution is -2.64. The Hall–Kier alpha value is -3.16. The number of amides is 1. The number of nitrogens with one attached hydrogen (secondary N) is 1. The molecule has 2 aliphatic heterocycles. The number of likely N-dealkylation sites (tertiary alicyclic amines) is 2. The lowest BCUT2D eigenvalue weighted by Gasteiger charge is -2.55. The van der Waals surface area contributed by atoms with Crippen LogP contribution in [-0.4, -0.2) is 103 Å². The van der Waals surface area contributed by atoms with Crippen LogP contribution >= 0.6 is 0 Å². The van der Waals surface area contributed by atoms with Gasteiger partial charge >= 0.3 is 0 Å². The Morgan fingerprint density at radius 3 is 2.35 bits per heavy atom. The van der Waals surface area contributed by atoms with E-state index in [1.54, 1.807) is 29.4 Å². The van der Waals surface area contributed by atoms with Gasteiger partial charge in [0.2, 0.25) is 12.4 Å². The van der Waals surface area contributed by atoms with Crippen LogP contribution in [0.15, 0.2) is 30.6 Å². The maximum atomic E-state index is 13.3. The van der Waals surface area contributed by atoms with E-state index in [9.17, 15) is 15.0 Å². The molecule has 3 fully saturated rings. The minimum atomic E-state index is -0.892. The lowest BCUT2D eigenvalue weighted by molar-refractivity contribution is -0.277. The van der Waals surface area contributed by atoms with E-state index in [1.165, 1.54) is 25.7 Å². The number of carbonyl (C=O) groups excluding carboxylic acids is 1. The van der Waals surface area contributed by atoms with E-state index < -0.39 is 18.2 Å². The lowest BCUT2D eigenvalue weighted by atomic mass is 9.72. The first kappa shape index (κ1) is 32.8. The van der Waals surface area contributed by atoms with Gasteiger partial charge in [0, 0.05) is 50.0 Å². The highest BCUT2D eigenvalue weighted by Crippen LogP contribution is 2.42. The summed E-state index contributed by atoms with van der Waals surface area (Å²) in [7, 11) is 3.75. The summed E-state index contributed by atoms with van der Waals surface area (Å²) in [4.78, 5) is 33.0. The van der Waals surface area contributed by atoms with E-state index >= 15 is 0 Å². The van der Waals surface area contributed by atoms with Gasteiger partial charge in [0.25, 0.3) is 5.91 Å². The number of hydrogen-bond donors (Lipinski definition) is 3. The van der Waals surface area contributed by atoms with Crippen molar-refractivity contribution in [1.82, 2.24) is 34.2 Å². The molecule has 1 aliphatic carbocycles. The van der Waals surface area contributed by atoms with Gasteiger partial charge in [-0.3, -0.25) is 14.6 Å². The molecule has 3 aromatic heterocycles. The van der Waals surface area contributed by atoms with Crippen molar-refractivity contribution < 1.29 is 19.7 Å². The molecule has 0 aromatic carbocycles. The van der Waals surface area contributed by atoms with Gasteiger partial charge in [-0.15, -0.1) is 0 Å². The molecule has 3 N–H and O–H groups in total. The molecule has 2 atom stereocenters. The van der Waals surface area contributed by atoms with Gasteiger partial charge < -0.3 is 29.7 Å². The summed E-state index contributed by atoms with van der Waals surface area (Å²) in [5, 5.41) is 25.5. The van der Waals surface area contributed by atoms with Crippen LogP contribution < -0.4 is 5.32 Å². The number of aromatic nitrogens is 4. The summed E-state index contributed by atoms with van der Waals surface area (Å²) < 4.78 is 7.92. The Labute approximate surface area is 271 Å². The number of piperidine rings is 1. The number of hydrogen-bond acceptors (Lipinski definition) is 10. The first-order chi connectivity index (χ1) is 21.9. The Kier molecular flexibility index (Phi) is 9.37. The highest BCUT2D eigenvalue weighted by molar-refractivity contribution is 5.94. The highest BCUT2D eigenvalue weighted by Gasteiger charge is 2.48. The van der Waals surface area contributed by atoms with Crippen molar-refractivity contribution in [2.75, 3.05) is 45.6 Å². The molecule has 12 heteroatoms. The summed E-state index contributed by atoms with van der Waals surface area (Å²) in [6.07, 6.45) is 10.5. The average Bonchev–Trinajstić information content (AvgIpc) is 3.16. The van der Waals surface area contributed by atoms with Crippen molar-refractivity contribution in [3.05, 3.63) is 41.9 Å². The molecule has 1 amide bonds. The zero-order valence-electron chi connectivity index (χ0n) is 27.9. The summed E-state index contributed by atoms with van der Waals surface area (Å²) >= 11 is 0. The minimum absolute atomic E-state index is 0.0212. The number of aliphatic hydroxyl groups is 2. The normalized spacial score (nSPS) is 20.9. The number of carbonyl (C=O) groups is 1. The maximum Gasteiger partial charge on any atom is 0.255 e. The number of aliphatic hydroxyl groups excluding tert-OH is 2. The fourth-order valence-electron chi connectivity index (χ4n) is 7.21. The second-order valence-electron chi connectivity index (χ2n) is 14.7. The summed E-state index contributed by atoms with van der Waals surface area (Å²) in [6.45, 7) is 8.74. The fourth-order valence-corrected chi connectivity index (χ4v) is 7.21. The Morgan fingerprint density at radius 1 is 1.04 bits per heavy atom. The van der Waals surface area contributed by atoms with Crippen molar-refractivity contribution in [1.29, 1.82) is 0 Å². The molecular formula is C34H50N8O4. The molecule has 1 saturated carbocycles. The molecule has 12 nitrogen and oxygen atoms in total. The molecule has 2 unspecified atom stereocenters. The third-order valence-electron chi connectivity index (χ3n) is 9.76. The predicted molar refractivity (Wildman–Crippen MR) is 176 cm³/mol. The van der Waals surface area contributed by atoms with E-state index in [1.807, 2.05) is 50.7 Å². The fraction of sp³-hybridized carbons (Fsp3) is 0.647. The molecule has 3 aliphatic rings. The zero-order valence-corrected chi connectivity index (χ0v) is 27.9. The van der Waals surface area contributed by atoms with Gasteiger partial charge in [-0.25, -0.2) is 9.97 Å². The van der Waals surface area contributed by atoms with E-state index in [4.69, 9.17) is 9.72 Å². The number of fused-ring (bicyclic) bond motifs is 1. The Balaban J connectivity index is 1.10. The van der Waals surface area contributed by atoms with Gasteiger partial charge in [-0.1, -0.05) is 25.7 Å². The van der Waals surface area contributed by atoms with Gasteiger partial charge in [0.05, 0.1) is 16.9 Å². The summed E-state index contributed by atoms with van der Waals surface area (Å²) in [5.74, 6) is 0.957. The van der Waals surface area contributed by atoms with E-state index in [0.717, 1.165) is 55.5 Å². The van der Waals surface area contributed by atoms with Crippen molar-refractivity contribution >= 4 is 28.7 Å². The summed E-state index contributed by atoms with van der Waals surface area (Å²) in [6, 6.07) is 5.86. The molecule has 5 heterocycles. The van der Waals surface area contributed by atoms with Gasteiger partial charge in [0.1, 0.15) is 17.7 Å². The number of ether oxygens (including phenoxy) is 1. The third kappa shape index (κ3) is 7.06. The third-order valence-corrected chi connectivity index (χ3v) is 9.76. The SMILES string of the molecule is CN(C)C(O)c1cc2cnc(Nc3ccc(C(=O)N4CCC5(CC4)CN(C(O)OC(C)(C)C)C5)cn3)nc2n1C1CCCCCC1. The second-order valence-corrected chi connectivity index (χ2v) is 14.7. The molecule has 2 saturated heterocycles. The second kappa shape index (κ2) is 13.2. The van der Waals surface area contributed by atoms with Crippen molar-refractivity contribution in [2.45, 2.75) is 96.4 Å². The molecule has 0 bridgehead atoms. The van der Waals surface area contributed by atoms with Crippen LogP contribution in [0.2, 0.25) is 0 Å². The number of anilines is 2. The minimum Gasteiger partial charge on any atom is -0.373 e. The smallest absolute Gasteiger partial charge is 0.255 e. The molecule has 0 radical (unpaired) electrons. The van der Waals surface area contributed by atoms with E-state index in [2.05, 4.69) is 19.9 Å². The van der Waals surface area contributed by atoms with Gasteiger partial charge in [-0.2, -0.15) is 4.98 Å². The number of nitrogens with zero attached hydrogens (tertiary/aromatic N) is 7. The monoisotopic (exact) mass is 634 g/mol. The highest BCUT2D eigenvalue weighted by atomic mass is 16.6. The maximum absolute atomic E-state index is 13.3. The van der Waals surface area contributed by atoms with Gasteiger partial charge in [0.15, 0.2) is 0 Å². The molecule has 1 spiro atoms. The van der Waals surface area contributed by atoms with E-state index in [-0.39, 0.29) is 17.4 Å². The Bertz CT molecular complexity index is 1490.